The van der Waals surface area contributed by atoms with Gasteiger partial charge >= 0.3 is 0 Å². The van der Waals surface area contributed by atoms with Gasteiger partial charge in [-0.3, -0.25) is 4.98 Å². The van der Waals surface area contributed by atoms with E-state index in [1.165, 1.54) is 0 Å². The number of nitrogens with one attached hydrogen (secondary N) is 1. The van der Waals surface area contributed by atoms with Crippen molar-refractivity contribution in [1.82, 2.24) is 15.0 Å². The van der Waals surface area contributed by atoms with E-state index in [9.17, 15) is 0 Å². The molecule has 1 N–H and O–H groups in total. The number of rotatable bonds is 2. The molecule has 3 rings (SSSR count). The van der Waals surface area contributed by atoms with E-state index >= 15 is 0 Å². The van der Waals surface area contributed by atoms with Crippen LogP contribution in [0.3, 0.4) is 0 Å². The molecule has 2 heterocycles. The fourth-order valence-corrected chi connectivity index (χ4v) is 2.57. The second kappa shape index (κ2) is 5.13. The first-order chi connectivity index (χ1) is 9.70. The van der Waals surface area contributed by atoms with E-state index in [0.717, 1.165) is 40.0 Å². The molecule has 0 amide bonds. The summed E-state index contributed by atoms with van der Waals surface area (Å²) >= 11 is 5.36. The minimum atomic E-state index is 0.644. The summed E-state index contributed by atoms with van der Waals surface area (Å²) in [7, 11) is 0. The molecule has 0 spiro atoms. The van der Waals surface area contributed by atoms with Gasteiger partial charge in [0.15, 0.2) is 5.82 Å². The fourth-order valence-electron chi connectivity index (χ4n) is 2.35. The van der Waals surface area contributed by atoms with Crippen molar-refractivity contribution < 1.29 is 0 Å². The molecule has 0 aliphatic carbocycles. The van der Waals surface area contributed by atoms with Crippen LogP contribution in [0.2, 0.25) is 0 Å². The third-order valence-electron chi connectivity index (χ3n) is 3.51. The Kier molecular flexibility index (Phi) is 3.32. The molecular weight excluding hydrogens is 266 g/mol. The van der Waals surface area contributed by atoms with Gasteiger partial charge in [-0.05, 0) is 24.8 Å². The van der Waals surface area contributed by atoms with Crippen molar-refractivity contribution in [2.75, 3.05) is 0 Å². The number of aromatic nitrogens is 3. The summed E-state index contributed by atoms with van der Waals surface area (Å²) in [5, 5.41) is 2.23. The van der Waals surface area contributed by atoms with Crippen LogP contribution in [-0.4, -0.2) is 15.0 Å². The van der Waals surface area contributed by atoms with E-state index in [-0.39, 0.29) is 0 Å². The number of aromatic amines is 1. The molecule has 0 fully saturated rings. The van der Waals surface area contributed by atoms with Gasteiger partial charge < -0.3 is 4.98 Å². The van der Waals surface area contributed by atoms with Crippen LogP contribution in [0.25, 0.3) is 22.3 Å². The number of fused-ring (bicyclic) bond motifs is 1. The maximum Gasteiger partial charge on any atom is 0.158 e. The Morgan fingerprint density at radius 1 is 1.20 bits per heavy atom. The third-order valence-corrected chi connectivity index (χ3v) is 3.91. The first kappa shape index (κ1) is 12.9. The number of hydrogen-bond donors (Lipinski definition) is 1. The highest BCUT2D eigenvalue weighted by Crippen LogP contribution is 2.24. The van der Waals surface area contributed by atoms with Crippen LogP contribution in [0, 0.1) is 11.6 Å². The van der Waals surface area contributed by atoms with Crippen molar-refractivity contribution in [1.29, 1.82) is 0 Å². The zero-order valence-corrected chi connectivity index (χ0v) is 12.3. The summed E-state index contributed by atoms with van der Waals surface area (Å²) in [6, 6.07) is 10.2. The second-order valence-electron chi connectivity index (χ2n) is 4.73. The van der Waals surface area contributed by atoms with Crippen molar-refractivity contribution in [3.05, 3.63) is 52.4 Å². The van der Waals surface area contributed by atoms with E-state index in [2.05, 4.69) is 34.0 Å². The van der Waals surface area contributed by atoms with Gasteiger partial charge in [0, 0.05) is 22.8 Å². The van der Waals surface area contributed by atoms with Crippen LogP contribution in [0.5, 0.6) is 0 Å². The van der Waals surface area contributed by atoms with E-state index in [4.69, 9.17) is 12.2 Å². The minimum Gasteiger partial charge on any atom is -0.342 e. The Labute approximate surface area is 122 Å². The molecule has 3 nitrogen and oxygen atoms in total. The van der Waals surface area contributed by atoms with Gasteiger partial charge in [0.1, 0.15) is 10.3 Å². The van der Waals surface area contributed by atoms with Crippen molar-refractivity contribution in [2.24, 2.45) is 0 Å². The molecular formula is C16H15N3S. The largest absolute Gasteiger partial charge is 0.342 e. The molecule has 0 bridgehead atoms. The molecule has 0 aliphatic heterocycles. The maximum atomic E-state index is 5.36. The lowest BCUT2D eigenvalue weighted by Crippen LogP contribution is -2.00. The first-order valence-corrected chi connectivity index (χ1v) is 7.05. The molecule has 0 saturated heterocycles. The average Bonchev–Trinajstić information content (AvgIpc) is 2.49. The van der Waals surface area contributed by atoms with Crippen molar-refractivity contribution in [2.45, 2.75) is 20.3 Å². The van der Waals surface area contributed by atoms with Crippen molar-refractivity contribution in [3.63, 3.8) is 0 Å². The summed E-state index contributed by atoms with van der Waals surface area (Å²) in [5.74, 6) is 0.745. The summed E-state index contributed by atoms with van der Waals surface area (Å²) in [4.78, 5) is 12.4. The molecule has 0 radical (unpaired) electrons. The molecule has 2 aromatic heterocycles. The van der Waals surface area contributed by atoms with Crippen LogP contribution < -0.4 is 0 Å². The predicted octanol–water partition coefficient (Wildman–Crippen LogP) is 4.23. The molecule has 0 aliphatic rings. The predicted molar refractivity (Wildman–Crippen MR) is 84.3 cm³/mol. The van der Waals surface area contributed by atoms with Gasteiger partial charge in [-0.15, -0.1) is 0 Å². The monoisotopic (exact) mass is 281 g/mol. The van der Waals surface area contributed by atoms with Gasteiger partial charge in [0.25, 0.3) is 0 Å². The standard InChI is InChI=1S/C16H15N3S/c1-3-13-10(2)16(20)19-15(18-13)14-12-7-5-4-6-11(12)8-9-17-14/h4-9H,3H2,1-2H3,(H,18,19,20). The lowest BCUT2D eigenvalue weighted by atomic mass is 10.1. The number of nitrogens with zero attached hydrogens (tertiary/aromatic N) is 2. The smallest absolute Gasteiger partial charge is 0.158 e. The van der Waals surface area contributed by atoms with Crippen LogP contribution in [0.4, 0.5) is 0 Å². The molecule has 0 atom stereocenters. The Morgan fingerprint density at radius 3 is 2.80 bits per heavy atom. The highest BCUT2D eigenvalue weighted by atomic mass is 32.1. The molecule has 1 aromatic carbocycles. The van der Waals surface area contributed by atoms with Gasteiger partial charge in [-0.2, -0.15) is 0 Å². The molecule has 0 unspecified atom stereocenters. The van der Waals surface area contributed by atoms with Crippen LogP contribution in [0.1, 0.15) is 18.2 Å². The van der Waals surface area contributed by atoms with Gasteiger partial charge in [-0.25, -0.2) is 4.98 Å². The topological polar surface area (TPSA) is 41.6 Å². The molecule has 100 valence electrons. The normalized spacial score (nSPS) is 10.9. The third kappa shape index (κ3) is 2.12. The number of H-pyrrole nitrogens is 1. The maximum absolute atomic E-state index is 5.36. The summed E-state index contributed by atoms with van der Waals surface area (Å²) in [5.41, 5.74) is 3.02. The zero-order chi connectivity index (χ0) is 14.1. The minimum absolute atomic E-state index is 0.644. The van der Waals surface area contributed by atoms with Crippen molar-refractivity contribution in [3.8, 4) is 11.5 Å². The number of hydrogen-bond acceptors (Lipinski definition) is 3. The lowest BCUT2D eigenvalue weighted by Gasteiger charge is -2.09. The van der Waals surface area contributed by atoms with E-state index in [0.29, 0.717) is 4.64 Å². The second-order valence-corrected chi connectivity index (χ2v) is 5.12. The Bertz CT molecular complexity index is 831. The average molecular weight is 281 g/mol. The Balaban J connectivity index is 2.31. The summed E-state index contributed by atoms with van der Waals surface area (Å²) in [6.07, 6.45) is 2.71. The number of benzene rings is 1. The highest BCUT2D eigenvalue weighted by molar-refractivity contribution is 7.71. The van der Waals surface area contributed by atoms with E-state index < -0.39 is 0 Å². The Hall–Kier alpha value is -2.07. The number of pyridine rings is 1. The van der Waals surface area contributed by atoms with Gasteiger partial charge in [0.05, 0.1) is 0 Å². The van der Waals surface area contributed by atoms with Crippen LogP contribution in [0.15, 0.2) is 36.5 Å². The highest BCUT2D eigenvalue weighted by Gasteiger charge is 2.09. The summed E-state index contributed by atoms with van der Waals surface area (Å²) in [6.45, 7) is 4.11. The number of aryl methyl sites for hydroxylation is 1. The molecule has 20 heavy (non-hydrogen) atoms. The van der Waals surface area contributed by atoms with Crippen molar-refractivity contribution >= 4 is 23.0 Å². The van der Waals surface area contributed by atoms with Gasteiger partial charge in [-0.1, -0.05) is 43.4 Å². The Morgan fingerprint density at radius 2 is 2.00 bits per heavy atom. The lowest BCUT2D eigenvalue weighted by molar-refractivity contribution is 0.965. The zero-order valence-electron chi connectivity index (χ0n) is 11.5. The quantitative estimate of drug-likeness (QED) is 0.715. The summed E-state index contributed by atoms with van der Waals surface area (Å²) < 4.78 is 0.644. The van der Waals surface area contributed by atoms with E-state index in [1.807, 2.05) is 31.3 Å². The molecule has 0 saturated carbocycles. The SMILES string of the molecule is CCc1[nH]c(-c2nccc3ccccc23)nc(=S)c1C. The fraction of sp³-hybridized carbons (Fsp3) is 0.188. The molecule has 4 heteroatoms. The van der Waals surface area contributed by atoms with Crippen LogP contribution >= 0.6 is 12.2 Å². The van der Waals surface area contributed by atoms with E-state index in [1.54, 1.807) is 0 Å². The van der Waals surface area contributed by atoms with Gasteiger partial charge in [0.2, 0.25) is 0 Å². The first-order valence-electron chi connectivity index (χ1n) is 6.64. The van der Waals surface area contributed by atoms with Crippen LogP contribution in [-0.2, 0) is 6.42 Å². The molecule has 3 aromatic rings.